The minimum absolute atomic E-state index is 0.134. The van der Waals surface area contributed by atoms with Crippen LogP contribution < -0.4 is 10.1 Å². The smallest absolute Gasteiger partial charge is 0.169 e. The number of rotatable bonds is 5. The number of anilines is 1. The summed E-state index contributed by atoms with van der Waals surface area (Å²) in [7, 11) is 0. The second kappa shape index (κ2) is 6.42. The van der Waals surface area contributed by atoms with Gasteiger partial charge in [0.2, 0.25) is 0 Å². The molecule has 0 radical (unpaired) electrons. The molecule has 0 spiro atoms. The van der Waals surface area contributed by atoms with Crippen LogP contribution in [-0.4, -0.2) is 11.1 Å². The van der Waals surface area contributed by atoms with Gasteiger partial charge in [-0.15, -0.1) is 0 Å². The van der Waals surface area contributed by atoms with E-state index in [1.807, 2.05) is 26.0 Å². The zero-order valence-electron chi connectivity index (χ0n) is 12.6. The molecule has 0 aliphatic rings. The highest BCUT2D eigenvalue weighted by atomic mass is 16.5. The van der Waals surface area contributed by atoms with E-state index in [0.717, 1.165) is 11.6 Å². The molecule has 0 bridgehead atoms. The molecule has 0 aliphatic heterocycles. The molecule has 1 aromatic carbocycles. The van der Waals surface area contributed by atoms with E-state index in [0.29, 0.717) is 0 Å². The highest BCUT2D eigenvalue weighted by molar-refractivity contribution is 5.51. The fourth-order valence-corrected chi connectivity index (χ4v) is 1.99. The second-order valence-corrected chi connectivity index (χ2v) is 5.29. The van der Waals surface area contributed by atoms with Crippen LogP contribution in [0.2, 0.25) is 0 Å². The predicted molar refractivity (Wildman–Crippen MR) is 83.2 cm³/mol. The summed E-state index contributed by atoms with van der Waals surface area (Å²) >= 11 is 0. The number of benzene rings is 1. The van der Waals surface area contributed by atoms with Crippen molar-refractivity contribution < 1.29 is 4.74 Å². The lowest BCUT2D eigenvalue weighted by Gasteiger charge is -2.19. The lowest BCUT2D eigenvalue weighted by molar-refractivity contribution is 0.242. The van der Waals surface area contributed by atoms with Crippen LogP contribution in [0.15, 0.2) is 42.6 Å². The van der Waals surface area contributed by atoms with Crippen LogP contribution in [0.3, 0.4) is 0 Å². The van der Waals surface area contributed by atoms with Gasteiger partial charge in [-0.3, -0.25) is 0 Å². The Bertz CT molecular complexity index is 549. The van der Waals surface area contributed by atoms with E-state index < -0.39 is 0 Å². The molecule has 1 atom stereocenters. The van der Waals surface area contributed by atoms with Crippen LogP contribution in [0.5, 0.6) is 5.75 Å². The average molecular weight is 270 g/mol. The first-order chi connectivity index (χ1) is 9.56. The molecule has 106 valence electrons. The van der Waals surface area contributed by atoms with Crippen molar-refractivity contribution >= 4 is 5.82 Å². The van der Waals surface area contributed by atoms with E-state index in [1.165, 1.54) is 11.1 Å². The number of pyridine rings is 1. The molecule has 3 heteroatoms. The minimum atomic E-state index is 0.134. The summed E-state index contributed by atoms with van der Waals surface area (Å²) in [6.45, 7) is 8.24. The maximum atomic E-state index is 5.78. The van der Waals surface area contributed by atoms with Crippen molar-refractivity contribution in [1.82, 2.24) is 4.98 Å². The molecule has 20 heavy (non-hydrogen) atoms. The minimum Gasteiger partial charge on any atom is -0.487 e. The van der Waals surface area contributed by atoms with E-state index >= 15 is 0 Å². The van der Waals surface area contributed by atoms with E-state index in [1.54, 1.807) is 6.20 Å². The van der Waals surface area contributed by atoms with Crippen LogP contribution in [0.1, 0.15) is 37.9 Å². The Morgan fingerprint density at radius 3 is 2.40 bits per heavy atom. The molecule has 1 N–H and O–H groups in total. The molecule has 2 aromatic rings. The Morgan fingerprint density at radius 1 is 1.05 bits per heavy atom. The molecule has 3 nitrogen and oxygen atoms in total. The highest BCUT2D eigenvalue weighted by Crippen LogP contribution is 2.26. The molecular weight excluding hydrogens is 248 g/mol. The van der Waals surface area contributed by atoms with Gasteiger partial charge >= 0.3 is 0 Å². The molecular formula is C17H22N2O. The highest BCUT2D eigenvalue weighted by Gasteiger charge is 2.11. The average Bonchev–Trinajstić information content (AvgIpc) is 2.41. The monoisotopic (exact) mass is 270 g/mol. The van der Waals surface area contributed by atoms with Gasteiger partial charge in [0.05, 0.1) is 12.1 Å². The van der Waals surface area contributed by atoms with Gasteiger partial charge in [-0.1, -0.05) is 29.8 Å². The molecule has 1 unspecified atom stereocenters. The molecule has 1 aromatic heterocycles. The largest absolute Gasteiger partial charge is 0.487 e. The number of hydrogen-bond acceptors (Lipinski definition) is 3. The van der Waals surface area contributed by atoms with Crippen LogP contribution in [0.4, 0.5) is 5.82 Å². The third-order valence-electron chi connectivity index (χ3n) is 3.06. The number of ether oxygens (including phenoxy) is 1. The van der Waals surface area contributed by atoms with E-state index in [2.05, 4.69) is 48.4 Å². The second-order valence-electron chi connectivity index (χ2n) is 5.29. The van der Waals surface area contributed by atoms with Crippen molar-refractivity contribution in [1.29, 1.82) is 0 Å². The third kappa shape index (κ3) is 3.73. The van der Waals surface area contributed by atoms with Gasteiger partial charge in [0, 0.05) is 6.20 Å². The fourth-order valence-electron chi connectivity index (χ4n) is 1.99. The van der Waals surface area contributed by atoms with Gasteiger partial charge in [0.25, 0.3) is 0 Å². The summed E-state index contributed by atoms with van der Waals surface area (Å²) < 4.78 is 5.78. The van der Waals surface area contributed by atoms with Crippen LogP contribution >= 0.6 is 0 Å². The molecule has 2 rings (SSSR count). The van der Waals surface area contributed by atoms with E-state index in [9.17, 15) is 0 Å². The van der Waals surface area contributed by atoms with Crippen LogP contribution in [0, 0.1) is 6.92 Å². The van der Waals surface area contributed by atoms with Crippen molar-refractivity contribution in [2.75, 3.05) is 5.32 Å². The molecule has 0 saturated heterocycles. The SMILES string of the molecule is Cc1ccc(C(C)Nc2ncccc2OC(C)C)cc1. The first-order valence-corrected chi connectivity index (χ1v) is 7.01. The Hall–Kier alpha value is -2.03. The summed E-state index contributed by atoms with van der Waals surface area (Å²) in [4.78, 5) is 4.38. The van der Waals surface area contributed by atoms with E-state index in [-0.39, 0.29) is 12.1 Å². The molecule has 0 fully saturated rings. The van der Waals surface area contributed by atoms with Crippen molar-refractivity contribution in [2.45, 2.75) is 39.8 Å². The summed E-state index contributed by atoms with van der Waals surface area (Å²) in [6.07, 6.45) is 1.91. The lowest BCUT2D eigenvalue weighted by atomic mass is 10.1. The van der Waals surface area contributed by atoms with Gasteiger partial charge in [0.1, 0.15) is 0 Å². The maximum Gasteiger partial charge on any atom is 0.169 e. The van der Waals surface area contributed by atoms with Crippen LogP contribution in [0.25, 0.3) is 0 Å². The van der Waals surface area contributed by atoms with Gasteiger partial charge in [-0.05, 0) is 45.4 Å². The molecule has 0 amide bonds. The number of aromatic nitrogens is 1. The van der Waals surface area contributed by atoms with Gasteiger partial charge in [-0.2, -0.15) is 0 Å². The topological polar surface area (TPSA) is 34.2 Å². The van der Waals surface area contributed by atoms with Gasteiger partial charge in [0.15, 0.2) is 11.6 Å². The number of aryl methyl sites for hydroxylation is 1. The summed E-state index contributed by atoms with van der Waals surface area (Å²) in [6, 6.07) is 12.5. The third-order valence-corrected chi connectivity index (χ3v) is 3.06. The standard InChI is InChI=1S/C17H22N2O/c1-12(2)20-16-6-5-11-18-17(16)19-14(4)15-9-7-13(3)8-10-15/h5-12,14H,1-4H3,(H,18,19). The van der Waals surface area contributed by atoms with Crippen LogP contribution in [-0.2, 0) is 0 Å². The first-order valence-electron chi connectivity index (χ1n) is 7.01. The normalized spacial score (nSPS) is 12.2. The van der Waals surface area contributed by atoms with Crippen molar-refractivity contribution in [2.24, 2.45) is 0 Å². The first kappa shape index (κ1) is 14.4. The summed E-state index contributed by atoms with van der Waals surface area (Å²) in [5, 5.41) is 3.42. The Kier molecular flexibility index (Phi) is 4.61. The Balaban J connectivity index is 2.15. The summed E-state index contributed by atoms with van der Waals surface area (Å²) in [5.41, 5.74) is 2.50. The van der Waals surface area contributed by atoms with Crippen molar-refractivity contribution in [3.8, 4) is 5.75 Å². The number of hydrogen-bond donors (Lipinski definition) is 1. The zero-order chi connectivity index (χ0) is 14.5. The maximum absolute atomic E-state index is 5.78. The van der Waals surface area contributed by atoms with Gasteiger partial charge in [-0.25, -0.2) is 4.98 Å². The quantitative estimate of drug-likeness (QED) is 0.877. The fraction of sp³-hybridized carbons (Fsp3) is 0.353. The van der Waals surface area contributed by atoms with Crippen molar-refractivity contribution in [3.63, 3.8) is 0 Å². The molecule has 1 heterocycles. The Labute approximate surface area is 121 Å². The molecule has 0 aliphatic carbocycles. The van der Waals surface area contributed by atoms with Crippen molar-refractivity contribution in [3.05, 3.63) is 53.7 Å². The number of nitrogens with one attached hydrogen (secondary N) is 1. The summed E-state index contributed by atoms with van der Waals surface area (Å²) in [5.74, 6) is 1.58. The Morgan fingerprint density at radius 2 is 1.75 bits per heavy atom. The zero-order valence-corrected chi connectivity index (χ0v) is 12.6. The number of nitrogens with zero attached hydrogens (tertiary/aromatic N) is 1. The van der Waals surface area contributed by atoms with E-state index in [4.69, 9.17) is 4.74 Å². The molecule has 0 saturated carbocycles. The predicted octanol–water partition coefficient (Wildman–Crippen LogP) is 4.35. The van der Waals surface area contributed by atoms with Gasteiger partial charge < -0.3 is 10.1 Å². The lowest BCUT2D eigenvalue weighted by Crippen LogP contribution is -2.12.